The summed E-state index contributed by atoms with van der Waals surface area (Å²) in [5.74, 6) is 0.466. The van der Waals surface area contributed by atoms with Crippen LogP contribution in [-0.2, 0) is 60.4 Å². The number of carbonyl (C=O) groups is 4. The van der Waals surface area contributed by atoms with Gasteiger partial charge in [0.05, 0.1) is 64.8 Å². The zero-order valence-electron chi connectivity index (χ0n) is 46.7. The maximum Gasteiger partial charge on any atom is 0.278 e. The SMILES string of the molecule is C=CCn1c(=O)c2cnc(Nc3ccc(N4CCN(C(=O)CCOCCOCCOCCN5CCN(Cc6ccc(COc7cccc8c7CN([C@H]7CCC(=O)NC7=O)C8=O)cc6)CC5)CC4)cc3)nc2n1-c1cccc(C(C)(C)O)n1. The Balaban J connectivity index is 0.554. The number of aromatic nitrogens is 5. The van der Waals surface area contributed by atoms with E-state index in [1.165, 1.54) is 21.3 Å². The van der Waals surface area contributed by atoms with E-state index >= 15 is 0 Å². The number of nitrogens with zero attached hydrogens (tertiary/aromatic N) is 10. The minimum atomic E-state index is -1.19. The number of amides is 4. The molecular formula is C60H72N12O10. The Morgan fingerprint density at radius 2 is 1.50 bits per heavy atom. The molecule has 0 spiro atoms. The van der Waals surface area contributed by atoms with Gasteiger partial charge >= 0.3 is 0 Å². The molecule has 4 amide bonds. The number of piperidine rings is 1. The van der Waals surface area contributed by atoms with Crippen molar-refractivity contribution in [3.8, 4) is 11.6 Å². The Labute approximate surface area is 476 Å². The van der Waals surface area contributed by atoms with Crippen LogP contribution >= 0.6 is 0 Å². The first kappa shape index (κ1) is 57.4. The van der Waals surface area contributed by atoms with Gasteiger partial charge in [-0.05, 0) is 79.9 Å². The fourth-order valence-corrected chi connectivity index (χ4v) is 10.7. The van der Waals surface area contributed by atoms with E-state index in [2.05, 4.69) is 66.1 Å². The Bertz CT molecular complexity index is 3290. The molecule has 0 radical (unpaired) electrons. The Kier molecular flexibility index (Phi) is 18.5. The predicted octanol–water partition coefficient (Wildman–Crippen LogP) is 4.38. The van der Waals surface area contributed by atoms with Crippen LogP contribution in [0.4, 0.5) is 17.3 Å². The van der Waals surface area contributed by atoms with Gasteiger partial charge in [-0.2, -0.15) is 4.98 Å². The highest BCUT2D eigenvalue weighted by atomic mass is 16.5. The fraction of sp³-hybridized carbons (Fsp3) is 0.433. The summed E-state index contributed by atoms with van der Waals surface area (Å²) in [6, 6.07) is 26.4. The van der Waals surface area contributed by atoms with Crippen molar-refractivity contribution in [3.63, 3.8) is 0 Å². The van der Waals surface area contributed by atoms with Crippen LogP contribution < -0.4 is 25.8 Å². The summed E-state index contributed by atoms with van der Waals surface area (Å²) in [5, 5.41) is 16.6. The van der Waals surface area contributed by atoms with Crippen LogP contribution in [-0.4, -0.2) is 177 Å². The molecule has 3 aromatic carbocycles. The number of anilines is 3. The number of piperazine rings is 2. The molecule has 0 saturated carbocycles. The normalized spacial score (nSPS) is 17.1. The van der Waals surface area contributed by atoms with Gasteiger partial charge in [-0.25, -0.2) is 19.3 Å². The van der Waals surface area contributed by atoms with Gasteiger partial charge in [-0.15, -0.1) is 6.58 Å². The third kappa shape index (κ3) is 13.9. The Morgan fingerprint density at radius 1 is 0.805 bits per heavy atom. The fourth-order valence-electron chi connectivity index (χ4n) is 10.7. The van der Waals surface area contributed by atoms with Crippen molar-refractivity contribution in [1.29, 1.82) is 0 Å². The van der Waals surface area contributed by atoms with Crippen molar-refractivity contribution in [2.75, 3.05) is 109 Å². The molecule has 7 heterocycles. The first-order chi connectivity index (χ1) is 39.8. The highest BCUT2D eigenvalue weighted by molar-refractivity contribution is 6.05. The topological polar surface area (TPSA) is 231 Å². The third-order valence-corrected chi connectivity index (χ3v) is 15.3. The molecule has 4 aliphatic heterocycles. The van der Waals surface area contributed by atoms with Crippen LogP contribution in [0.1, 0.15) is 65.9 Å². The molecule has 10 rings (SSSR count). The van der Waals surface area contributed by atoms with E-state index in [1.807, 2.05) is 35.2 Å². The van der Waals surface area contributed by atoms with Crippen LogP contribution in [0.2, 0.25) is 0 Å². The summed E-state index contributed by atoms with van der Waals surface area (Å²) in [4.78, 5) is 88.2. The van der Waals surface area contributed by atoms with Gasteiger partial charge in [-0.1, -0.05) is 42.5 Å². The summed E-state index contributed by atoms with van der Waals surface area (Å²) >= 11 is 0. The maximum absolute atomic E-state index is 13.4. The highest BCUT2D eigenvalue weighted by Crippen LogP contribution is 2.34. The number of hydrogen-bond donors (Lipinski definition) is 3. The predicted molar refractivity (Wildman–Crippen MR) is 307 cm³/mol. The lowest BCUT2D eigenvalue weighted by Gasteiger charge is -2.36. The number of imide groups is 1. The van der Waals surface area contributed by atoms with Crippen molar-refractivity contribution in [2.24, 2.45) is 0 Å². The molecule has 0 aliphatic carbocycles. The lowest BCUT2D eigenvalue weighted by molar-refractivity contribution is -0.137. The summed E-state index contributed by atoms with van der Waals surface area (Å²) < 4.78 is 26.6. The van der Waals surface area contributed by atoms with Gasteiger partial charge in [0.1, 0.15) is 29.4 Å². The van der Waals surface area contributed by atoms with E-state index in [4.69, 9.17) is 23.9 Å². The van der Waals surface area contributed by atoms with E-state index in [0.29, 0.717) is 125 Å². The van der Waals surface area contributed by atoms with Gasteiger partial charge in [-0.3, -0.25) is 39.1 Å². The molecular weight excluding hydrogens is 1050 g/mol. The smallest absolute Gasteiger partial charge is 0.278 e. The molecule has 3 saturated heterocycles. The van der Waals surface area contributed by atoms with E-state index in [1.54, 1.807) is 54.9 Å². The third-order valence-electron chi connectivity index (χ3n) is 15.3. The van der Waals surface area contributed by atoms with Gasteiger partial charge in [0.25, 0.3) is 11.5 Å². The highest BCUT2D eigenvalue weighted by Gasteiger charge is 2.40. The monoisotopic (exact) mass is 1120 g/mol. The van der Waals surface area contributed by atoms with Crippen LogP contribution in [0.15, 0.2) is 109 Å². The van der Waals surface area contributed by atoms with Crippen molar-refractivity contribution < 1.29 is 43.2 Å². The van der Waals surface area contributed by atoms with Crippen molar-refractivity contribution in [1.82, 2.24) is 49.2 Å². The number of pyridine rings is 1. The number of hydrogen-bond acceptors (Lipinski definition) is 17. The van der Waals surface area contributed by atoms with E-state index < -0.39 is 17.6 Å². The summed E-state index contributed by atoms with van der Waals surface area (Å²) in [6.45, 7) is 19.0. The van der Waals surface area contributed by atoms with Gasteiger partial charge in [0.15, 0.2) is 11.5 Å². The van der Waals surface area contributed by atoms with E-state index in [-0.39, 0.29) is 42.8 Å². The zero-order valence-corrected chi connectivity index (χ0v) is 46.7. The number of aliphatic hydroxyl groups is 1. The molecule has 0 unspecified atom stereocenters. The largest absolute Gasteiger partial charge is 0.489 e. The molecule has 22 heteroatoms. The first-order valence-corrected chi connectivity index (χ1v) is 28.1. The quantitative estimate of drug-likeness (QED) is 0.0410. The van der Waals surface area contributed by atoms with Crippen molar-refractivity contribution in [3.05, 3.63) is 142 Å². The maximum atomic E-state index is 13.4. The zero-order chi connectivity index (χ0) is 57.2. The summed E-state index contributed by atoms with van der Waals surface area (Å²) in [5.41, 5.74) is 4.69. The lowest BCUT2D eigenvalue weighted by Crippen LogP contribution is -2.52. The number of nitrogens with one attached hydrogen (secondary N) is 2. The van der Waals surface area contributed by atoms with Crippen molar-refractivity contribution in [2.45, 2.75) is 71.0 Å². The van der Waals surface area contributed by atoms with Crippen LogP contribution in [0.3, 0.4) is 0 Å². The second-order valence-electron chi connectivity index (χ2n) is 21.4. The molecule has 1 atom stereocenters. The summed E-state index contributed by atoms with van der Waals surface area (Å²) in [6.07, 6.45) is 3.97. The van der Waals surface area contributed by atoms with Crippen LogP contribution in [0, 0.1) is 0 Å². The molecule has 432 valence electrons. The van der Waals surface area contributed by atoms with Crippen molar-refractivity contribution >= 4 is 52.0 Å². The number of carbonyl (C=O) groups excluding carboxylic acids is 4. The Morgan fingerprint density at radius 3 is 2.22 bits per heavy atom. The molecule has 0 bridgehead atoms. The van der Waals surface area contributed by atoms with E-state index in [9.17, 15) is 29.1 Å². The molecule has 3 aromatic heterocycles. The molecule has 3 N–H and O–H groups in total. The van der Waals surface area contributed by atoms with Crippen LogP contribution in [0.25, 0.3) is 16.9 Å². The average Bonchev–Trinajstić information content (AvgIpc) is 4.21. The van der Waals surface area contributed by atoms with E-state index in [0.717, 1.165) is 61.8 Å². The number of fused-ring (bicyclic) bond motifs is 2. The number of rotatable bonds is 25. The minimum absolute atomic E-state index is 0.0742. The van der Waals surface area contributed by atoms with Gasteiger partial charge in [0, 0.05) is 101 Å². The standard InChI is InChI=1S/C60H72N12O10/c1-4-22-71-58(77)47-38-61-59(65-55(47)72(71)52-10-6-9-51(63-52)60(2,3)78)62-44-15-17-45(18-16-44)68-27-29-69(30-28-68)54(74)21-32-79-34-36-81-37-35-80-33-31-66-23-25-67(26-24-66)39-42-11-13-43(14-12-42)41-82-50-8-5-7-46-48(50)40-70(57(46)76)49-19-20-53(73)64-56(49)75/h4-18,38,49,78H,1,19-37,39-41H2,2-3H3,(H,61,62,65)(H,64,73,75)/t49-/m0/s1. The Hall–Kier alpha value is -7.86. The van der Waals surface area contributed by atoms with Crippen LogP contribution in [0.5, 0.6) is 5.75 Å². The number of allylic oxidation sites excluding steroid dienone is 1. The number of benzene rings is 3. The number of ether oxygens (including phenoxy) is 4. The molecule has 22 nitrogen and oxygen atoms in total. The minimum Gasteiger partial charge on any atom is -0.489 e. The lowest BCUT2D eigenvalue weighted by atomic mass is 10.0. The molecule has 3 fully saturated rings. The summed E-state index contributed by atoms with van der Waals surface area (Å²) in [7, 11) is 0. The second kappa shape index (κ2) is 26.4. The average molecular weight is 1120 g/mol. The second-order valence-corrected chi connectivity index (χ2v) is 21.4. The van der Waals surface area contributed by atoms with Gasteiger partial charge < -0.3 is 44.1 Å². The van der Waals surface area contributed by atoms with Gasteiger partial charge in [0.2, 0.25) is 23.7 Å². The molecule has 82 heavy (non-hydrogen) atoms. The molecule has 6 aromatic rings. The first-order valence-electron chi connectivity index (χ1n) is 28.1. The molecule has 4 aliphatic rings.